The van der Waals surface area contributed by atoms with Crippen LogP contribution in [0.4, 0.5) is 0 Å². The van der Waals surface area contributed by atoms with Gasteiger partial charge in [-0.05, 0) is 24.1 Å². The number of benzene rings is 1. The summed E-state index contributed by atoms with van der Waals surface area (Å²) in [4.78, 5) is 28.9. The van der Waals surface area contributed by atoms with Crippen molar-refractivity contribution < 1.29 is 14.3 Å². The van der Waals surface area contributed by atoms with Crippen LogP contribution in [0.3, 0.4) is 0 Å². The Labute approximate surface area is 164 Å². The Balaban J connectivity index is 1.87. The molecule has 0 bridgehead atoms. The van der Waals surface area contributed by atoms with Crippen LogP contribution in [0.15, 0.2) is 30.5 Å². The number of nitrogens with one attached hydrogen (secondary N) is 1. The van der Waals surface area contributed by atoms with Crippen molar-refractivity contribution in [2.24, 2.45) is 5.73 Å². The van der Waals surface area contributed by atoms with E-state index in [9.17, 15) is 9.59 Å². The summed E-state index contributed by atoms with van der Waals surface area (Å²) in [5.74, 6) is -0.496. The van der Waals surface area contributed by atoms with Crippen LogP contribution in [0.25, 0.3) is 10.4 Å². The van der Waals surface area contributed by atoms with Gasteiger partial charge in [-0.15, -0.1) is 11.3 Å². The SMILES string of the molecule is CCCCCCNC(=O)C(N)Cc1ncc(-c2ccc(C(=O)OC)cc2)s1. The van der Waals surface area contributed by atoms with E-state index in [1.807, 2.05) is 12.1 Å². The molecule has 2 rings (SSSR count). The van der Waals surface area contributed by atoms with Crippen LogP contribution in [0.1, 0.15) is 48.0 Å². The van der Waals surface area contributed by atoms with Crippen molar-refractivity contribution in [1.82, 2.24) is 10.3 Å². The van der Waals surface area contributed by atoms with Crippen LogP contribution < -0.4 is 11.1 Å². The van der Waals surface area contributed by atoms with Gasteiger partial charge in [-0.1, -0.05) is 38.3 Å². The number of carbonyl (C=O) groups is 2. The number of methoxy groups -OCH3 is 1. The maximum atomic E-state index is 12.1. The minimum absolute atomic E-state index is 0.134. The number of amides is 1. The topological polar surface area (TPSA) is 94.3 Å². The summed E-state index contributed by atoms with van der Waals surface area (Å²) in [6.45, 7) is 2.83. The summed E-state index contributed by atoms with van der Waals surface area (Å²) in [7, 11) is 1.36. The molecule has 27 heavy (non-hydrogen) atoms. The second-order valence-corrected chi connectivity index (χ2v) is 7.46. The van der Waals surface area contributed by atoms with Gasteiger partial charge in [0.2, 0.25) is 5.91 Å². The molecule has 3 N–H and O–H groups in total. The molecule has 1 atom stereocenters. The molecule has 1 aromatic carbocycles. The standard InChI is InChI=1S/C20H27N3O3S/c1-3-4-5-6-11-22-19(24)16(21)12-18-23-13-17(27-18)14-7-9-15(10-8-14)20(25)26-2/h7-10,13,16H,3-6,11-12,21H2,1-2H3,(H,22,24). The largest absolute Gasteiger partial charge is 0.465 e. The number of hydrogen-bond acceptors (Lipinski definition) is 6. The molecular weight excluding hydrogens is 362 g/mol. The Morgan fingerprint density at radius 3 is 2.63 bits per heavy atom. The monoisotopic (exact) mass is 389 g/mol. The highest BCUT2D eigenvalue weighted by molar-refractivity contribution is 7.15. The van der Waals surface area contributed by atoms with Gasteiger partial charge < -0.3 is 15.8 Å². The molecule has 0 radical (unpaired) electrons. The highest BCUT2D eigenvalue weighted by atomic mass is 32.1. The number of carbonyl (C=O) groups excluding carboxylic acids is 2. The van der Waals surface area contributed by atoms with E-state index in [2.05, 4.69) is 17.2 Å². The van der Waals surface area contributed by atoms with Crippen LogP contribution in [-0.2, 0) is 16.0 Å². The lowest BCUT2D eigenvalue weighted by atomic mass is 10.1. The van der Waals surface area contributed by atoms with E-state index in [1.165, 1.54) is 31.3 Å². The molecule has 0 saturated carbocycles. The molecule has 6 nitrogen and oxygen atoms in total. The third-order valence-electron chi connectivity index (χ3n) is 4.20. The molecule has 0 spiro atoms. The summed E-state index contributed by atoms with van der Waals surface area (Å²) < 4.78 is 4.70. The molecule has 1 amide bonds. The van der Waals surface area contributed by atoms with E-state index < -0.39 is 6.04 Å². The van der Waals surface area contributed by atoms with Crippen molar-refractivity contribution in [2.45, 2.75) is 45.1 Å². The molecule has 7 heteroatoms. The molecule has 1 heterocycles. The Bertz CT molecular complexity index is 743. The van der Waals surface area contributed by atoms with E-state index in [4.69, 9.17) is 10.5 Å². The minimum Gasteiger partial charge on any atom is -0.465 e. The van der Waals surface area contributed by atoms with E-state index in [0.29, 0.717) is 18.5 Å². The molecular formula is C20H27N3O3S. The van der Waals surface area contributed by atoms with Gasteiger partial charge >= 0.3 is 5.97 Å². The van der Waals surface area contributed by atoms with Gasteiger partial charge in [0.1, 0.15) is 0 Å². The fraction of sp³-hybridized carbons (Fsp3) is 0.450. The lowest BCUT2D eigenvalue weighted by Gasteiger charge is -2.10. The number of aromatic nitrogens is 1. The lowest BCUT2D eigenvalue weighted by molar-refractivity contribution is -0.122. The first-order valence-corrected chi connectivity index (χ1v) is 10.0. The van der Waals surface area contributed by atoms with Crippen LogP contribution in [0, 0.1) is 0 Å². The fourth-order valence-corrected chi connectivity index (χ4v) is 3.58. The predicted molar refractivity (Wildman–Crippen MR) is 108 cm³/mol. The van der Waals surface area contributed by atoms with Crippen LogP contribution in [-0.4, -0.2) is 36.6 Å². The normalized spacial score (nSPS) is 11.8. The van der Waals surface area contributed by atoms with Crippen molar-refractivity contribution in [2.75, 3.05) is 13.7 Å². The number of nitrogens with zero attached hydrogens (tertiary/aromatic N) is 1. The van der Waals surface area contributed by atoms with Crippen LogP contribution in [0.2, 0.25) is 0 Å². The highest BCUT2D eigenvalue weighted by Gasteiger charge is 2.16. The fourth-order valence-electron chi connectivity index (χ4n) is 2.60. The average molecular weight is 390 g/mol. The van der Waals surface area contributed by atoms with Gasteiger partial charge in [0.05, 0.1) is 28.6 Å². The molecule has 1 aromatic heterocycles. The van der Waals surface area contributed by atoms with Crippen molar-refractivity contribution in [1.29, 1.82) is 0 Å². The third-order valence-corrected chi connectivity index (χ3v) is 5.27. The summed E-state index contributed by atoms with van der Waals surface area (Å²) in [6.07, 6.45) is 6.63. The number of thiazole rings is 1. The molecule has 0 aliphatic rings. The quantitative estimate of drug-likeness (QED) is 0.481. The zero-order chi connectivity index (χ0) is 19.6. The van der Waals surface area contributed by atoms with Crippen molar-refractivity contribution in [3.05, 3.63) is 41.0 Å². The Morgan fingerprint density at radius 1 is 1.22 bits per heavy atom. The number of unbranched alkanes of at least 4 members (excludes halogenated alkanes) is 3. The van der Waals surface area contributed by atoms with Crippen molar-refractivity contribution in [3.63, 3.8) is 0 Å². The first-order chi connectivity index (χ1) is 13.0. The maximum Gasteiger partial charge on any atom is 0.337 e. The van der Waals surface area contributed by atoms with Crippen LogP contribution in [0.5, 0.6) is 0 Å². The van der Waals surface area contributed by atoms with Crippen LogP contribution >= 0.6 is 11.3 Å². The van der Waals surface area contributed by atoms with Gasteiger partial charge in [0.25, 0.3) is 0 Å². The highest BCUT2D eigenvalue weighted by Crippen LogP contribution is 2.27. The van der Waals surface area contributed by atoms with Gasteiger partial charge in [0, 0.05) is 19.2 Å². The molecule has 0 saturated heterocycles. The van der Waals surface area contributed by atoms with Gasteiger partial charge in [-0.3, -0.25) is 4.79 Å². The minimum atomic E-state index is -0.600. The average Bonchev–Trinajstić information content (AvgIpc) is 3.15. The first-order valence-electron chi connectivity index (χ1n) is 9.22. The Kier molecular flexibility index (Phi) is 8.42. The summed E-state index contributed by atoms with van der Waals surface area (Å²) in [6, 6.07) is 6.55. The molecule has 0 aliphatic heterocycles. The zero-order valence-corrected chi connectivity index (χ0v) is 16.7. The van der Waals surface area contributed by atoms with Crippen molar-refractivity contribution >= 4 is 23.2 Å². The van der Waals surface area contributed by atoms with E-state index in [-0.39, 0.29) is 11.9 Å². The van der Waals surface area contributed by atoms with Gasteiger partial charge in [-0.2, -0.15) is 0 Å². The predicted octanol–water partition coefficient (Wildman–Crippen LogP) is 3.16. The lowest BCUT2D eigenvalue weighted by Crippen LogP contribution is -2.42. The molecule has 0 fully saturated rings. The number of esters is 1. The second-order valence-electron chi connectivity index (χ2n) is 6.35. The summed E-state index contributed by atoms with van der Waals surface area (Å²) >= 11 is 1.50. The number of nitrogens with two attached hydrogens (primary N) is 1. The number of hydrogen-bond donors (Lipinski definition) is 2. The number of rotatable bonds is 10. The molecule has 0 aliphatic carbocycles. The van der Waals surface area contributed by atoms with E-state index >= 15 is 0 Å². The third kappa shape index (κ3) is 6.45. The molecule has 2 aromatic rings. The van der Waals surface area contributed by atoms with Crippen molar-refractivity contribution in [3.8, 4) is 10.4 Å². The maximum absolute atomic E-state index is 12.1. The first kappa shape index (κ1) is 21.1. The van der Waals surface area contributed by atoms with Gasteiger partial charge in [0.15, 0.2) is 0 Å². The Morgan fingerprint density at radius 2 is 1.96 bits per heavy atom. The smallest absolute Gasteiger partial charge is 0.337 e. The zero-order valence-electron chi connectivity index (χ0n) is 15.9. The number of ether oxygens (including phenoxy) is 1. The Hall–Kier alpha value is -2.25. The van der Waals surface area contributed by atoms with Gasteiger partial charge in [-0.25, -0.2) is 9.78 Å². The molecule has 146 valence electrons. The summed E-state index contributed by atoms with van der Waals surface area (Å²) in [5, 5.41) is 3.71. The summed E-state index contributed by atoms with van der Waals surface area (Å²) in [5.41, 5.74) is 7.47. The van der Waals surface area contributed by atoms with E-state index in [0.717, 1.165) is 28.3 Å². The second kappa shape index (κ2) is 10.8. The van der Waals surface area contributed by atoms with E-state index in [1.54, 1.807) is 18.3 Å². The molecule has 1 unspecified atom stereocenters.